The Labute approximate surface area is 77.6 Å². The molecule has 5 nitrogen and oxygen atoms in total. The number of hydrogen-bond acceptors (Lipinski definition) is 3. The monoisotopic (exact) mass is 197 g/mol. The molecular formula is C7H4ClN3O2. The van der Waals surface area contributed by atoms with Crippen LogP contribution in [0, 0.1) is 0 Å². The second kappa shape index (κ2) is 2.70. The fourth-order valence-electron chi connectivity index (χ4n) is 1.01. The fourth-order valence-corrected chi connectivity index (χ4v) is 1.15. The van der Waals surface area contributed by atoms with E-state index in [4.69, 9.17) is 16.7 Å². The summed E-state index contributed by atoms with van der Waals surface area (Å²) < 4.78 is 0.918. The second-order valence-corrected chi connectivity index (χ2v) is 2.76. The van der Waals surface area contributed by atoms with E-state index in [1.165, 1.54) is 6.33 Å². The van der Waals surface area contributed by atoms with Crippen molar-refractivity contribution >= 4 is 28.9 Å². The standard InChI is InChI=1S/C7H4ClN3O2/c8-5-2-1-4-6(10-5)11(3-9-4)7(12)13/h1-3H,(H,12,13). The summed E-state index contributed by atoms with van der Waals surface area (Å²) in [5.74, 6) is 0. The minimum absolute atomic E-state index is 0.246. The minimum atomic E-state index is -1.13. The topological polar surface area (TPSA) is 68.0 Å². The molecule has 0 unspecified atom stereocenters. The third-order valence-electron chi connectivity index (χ3n) is 1.57. The Hall–Kier alpha value is -1.62. The van der Waals surface area contributed by atoms with E-state index in [9.17, 15) is 4.79 Å². The highest BCUT2D eigenvalue weighted by Crippen LogP contribution is 2.13. The fraction of sp³-hybridized carbons (Fsp3) is 0. The van der Waals surface area contributed by atoms with Gasteiger partial charge >= 0.3 is 6.09 Å². The summed E-state index contributed by atoms with van der Waals surface area (Å²) in [7, 11) is 0. The first kappa shape index (κ1) is 8.00. The second-order valence-electron chi connectivity index (χ2n) is 2.37. The predicted octanol–water partition coefficient (Wildman–Crippen LogP) is 1.61. The van der Waals surface area contributed by atoms with Gasteiger partial charge < -0.3 is 5.11 Å². The molecule has 0 atom stereocenters. The Morgan fingerprint density at radius 1 is 1.54 bits per heavy atom. The summed E-state index contributed by atoms with van der Waals surface area (Å²) in [4.78, 5) is 18.3. The SMILES string of the molecule is O=C(O)n1cnc2ccc(Cl)nc21. The normalized spacial score (nSPS) is 10.5. The molecule has 0 aromatic carbocycles. The maximum atomic E-state index is 10.6. The van der Waals surface area contributed by atoms with Crippen LogP contribution in [0.25, 0.3) is 11.2 Å². The Kier molecular flexibility index (Phi) is 1.66. The van der Waals surface area contributed by atoms with Gasteiger partial charge in [-0.2, -0.15) is 0 Å². The summed E-state index contributed by atoms with van der Waals surface area (Å²) in [6, 6.07) is 3.17. The number of fused-ring (bicyclic) bond motifs is 1. The Balaban J connectivity index is 2.79. The molecule has 66 valence electrons. The van der Waals surface area contributed by atoms with Crippen LogP contribution in [0.4, 0.5) is 4.79 Å². The van der Waals surface area contributed by atoms with Gasteiger partial charge in [-0.1, -0.05) is 11.6 Å². The van der Waals surface area contributed by atoms with E-state index < -0.39 is 6.09 Å². The lowest BCUT2D eigenvalue weighted by molar-refractivity contribution is 0.197. The highest BCUT2D eigenvalue weighted by Gasteiger charge is 2.09. The van der Waals surface area contributed by atoms with Gasteiger partial charge in [0.1, 0.15) is 17.0 Å². The van der Waals surface area contributed by atoms with Crippen LogP contribution in [0.2, 0.25) is 5.15 Å². The first-order chi connectivity index (χ1) is 6.18. The van der Waals surface area contributed by atoms with Crippen molar-refractivity contribution in [3.63, 3.8) is 0 Å². The Morgan fingerprint density at radius 2 is 2.31 bits per heavy atom. The molecule has 0 aliphatic rings. The molecule has 0 bridgehead atoms. The van der Waals surface area contributed by atoms with E-state index in [1.807, 2.05) is 0 Å². The molecule has 0 saturated heterocycles. The van der Waals surface area contributed by atoms with Crippen LogP contribution in [0.1, 0.15) is 0 Å². The van der Waals surface area contributed by atoms with Crippen molar-refractivity contribution in [3.8, 4) is 0 Å². The molecule has 1 N–H and O–H groups in total. The number of carboxylic acid groups (broad SMARTS) is 1. The third kappa shape index (κ3) is 1.23. The number of nitrogens with zero attached hydrogens (tertiary/aromatic N) is 3. The molecule has 0 saturated carbocycles. The summed E-state index contributed by atoms with van der Waals surface area (Å²) >= 11 is 5.61. The summed E-state index contributed by atoms with van der Waals surface area (Å²) in [6.07, 6.45) is 0.0633. The van der Waals surface area contributed by atoms with Gasteiger partial charge in [-0.3, -0.25) is 0 Å². The van der Waals surface area contributed by atoms with Gasteiger partial charge in [-0.05, 0) is 12.1 Å². The third-order valence-corrected chi connectivity index (χ3v) is 1.78. The molecule has 0 radical (unpaired) electrons. The largest absolute Gasteiger partial charge is 0.464 e. The van der Waals surface area contributed by atoms with Crippen molar-refractivity contribution in [2.24, 2.45) is 0 Å². The molecule has 13 heavy (non-hydrogen) atoms. The predicted molar refractivity (Wildman–Crippen MR) is 46.0 cm³/mol. The first-order valence-corrected chi connectivity index (χ1v) is 3.79. The molecule has 0 aliphatic heterocycles. The molecule has 0 fully saturated rings. The van der Waals surface area contributed by atoms with Gasteiger partial charge in [0.25, 0.3) is 0 Å². The summed E-state index contributed by atoms with van der Waals surface area (Å²) in [5, 5.41) is 8.95. The molecule has 2 aromatic rings. The van der Waals surface area contributed by atoms with Crippen molar-refractivity contribution in [1.29, 1.82) is 0 Å². The molecule has 0 amide bonds. The smallest absolute Gasteiger partial charge is 0.418 e. The number of pyridine rings is 1. The first-order valence-electron chi connectivity index (χ1n) is 3.41. The molecule has 0 aliphatic carbocycles. The highest BCUT2D eigenvalue weighted by molar-refractivity contribution is 6.29. The van der Waals surface area contributed by atoms with Crippen molar-refractivity contribution in [2.45, 2.75) is 0 Å². The maximum absolute atomic E-state index is 10.6. The van der Waals surface area contributed by atoms with Gasteiger partial charge in [0.15, 0.2) is 5.65 Å². The zero-order chi connectivity index (χ0) is 9.42. The van der Waals surface area contributed by atoms with Gasteiger partial charge in [0.2, 0.25) is 0 Å². The molecule has 6 heteroatoms. The van der Waals surface area contributed by atoms with E-state index >= 15 is 0 Å². The van der Waals surface area contributed by atoms with E-state index in [1.54, 1.807) is 12.1 Å². The minimum Gasteiger partial charge on any atom is -0.464 e. The average Bonchev–Trinajstić information content (AvgIpc) is 2.46. The zero-order valence-corrected chi connectivity index (χ0v) is 7.06. The Bertz CT molecular complexity index is 480. The van der Waals surface area contributed by atoms with Crippen molar-refractivity contribution in [1.82, 2.24) is 14.5 Å². The highest BCUT2D eigenvalue weighted by atomic mass is 35.5. The average molecular weight is 198 g/mol. The zero-order valence-electron chi connectivity index (χ0n) is 6.31. The van der Waals surface area contributed by atoms with Crippen LogP contribution in [0.15, 0.2) is 18.5 Å². The molecule has 2 rings (SSSR count). The van der Waals surface area contributed by atoms with Crippen LogP contribution in [0.5, 0.6) is 0 Å². The van der Waals surface area contributed by atoms with Gasteiger partial charge in [0, 0.05) is 0 Å². The number of halogens is 1. The number of imidazole rings is 1. The van der Waals surface area contributed by atoms with Crippen LogP contribution in [-0.2, 0) is 0 Å². The lowest BCUT2D eigenvalue weighted by atomic mass is 10.4. The molecule has 2 heterocycles. The van der Waals surface area contributed by atoms with Gasteiger partial charge in [-0.25, -0.2) is 19.3 Å². The van der Waals surface area contributed by atoms with Crippen LogP contribution in [-0.4, -0.2) is 25.7 Å². The van der Waals surface area contributed by atoms with Gasteiger partial charge in [-0.15, -0.1) is 0 Å². The Morgan fingerprint density at radius 3 is 3.00 bits per heavy atom. The molecule has 0 spiro atoms. The molecular weight excluding hydrogens is 194 g/mol. The van der Waals surface area contributed by atoms with Crippen molar-refractivity contribution in [3.05, 3.63) is 23.6 Å². The van der Waals surface area contributed by atoms with E-state index in [-0.39, 0.29) is 10.8 Å². The van der Waals surface area contributed by atoms with Gasteiger partial charge in [0.05, 0.1) is 0 Å². The van der Waals surface area contributed by atoms with Crippen LogP contribution < -0.4 is 0 Å². The maximum Gasteiger partial charge on any atom is 0.418 e. The quantitative estimate of drug-likeness (QED) is 0.652. The number of hydrogen-bond donors (Lipinski definition) is 1. The van der Waals surface area contributed by atoms with E-state index in [0.29, 0.717) is 5.52 Å². The van der Waals surface area contributed by atoms with Crippen LogP contribution in [0.3, 0.4) is 0 Å². The number of aromatic nitrogens is 3. The van der Waals surface area contributed by atoms with Crippen LogP contribution >= 0.6 is 11.6 Å². The summed E-state index contributed by atoms with van der Waals surface area (Å²) in [6.45, 7) is 0. The summed E-state index contributed by atoms with van der Waals surface area (Å²) in [5.41, 5.74) is 0.756. The molecule has 2 aromatic heterocycles. The lowest BCUT2D eigenvalue weighted by Crippen LogP contribution is -2.06. The van der Waals surface area contributed by atoms with Crippen molar-refractivity contribution in [2.75, 3.05) is 0 Å². The number of carbonyl (C=O) groups is 1. The van der Waals surface area contributed by atoms with E-state index in [0.717, 1.165) is 4.57 Å². The van der Waals surface area contributed by atoms with Crippen molar-refractivity contribution < 1.29 is 9.90 Å². The van der Waals surface area contributed by atoms with E-state index in [2.05, 4.69) is 9.97 Å². The number of rotatable bonds is 0. The lowest BCUT2D eigenvalue weighted by Gasteiger charge is -1.94.